The number of sulfonamides is 1. The molecule has 0 heterocycles. The predicted molar refractivity (Wildman–Crippen MR) is 86.5 cm³/mol. The Kier molecular flexibility index (Phi) is 5.08. The molecular weight excluding hydrogens is 373 g/mol. The summed E-state index contributed by atoms with van der Waals surface area (Å²) in [5.41, 5.74) is 3.20. The number of benzene rings is 2. The normalized spacial score (nSPS) is 11.5. The summed E-state index contributed by atoms with van der Waals surface area (Å²) < 4.78 is 66.2. The number of hydrogen-bond acceptors (Lipinski definition) is 4. The molecule has 26 heavy (non-hydrogen) atoms. The van der Waals surface area contributed by atoms with Crippen molar-refractivity contribution in [2.75, 3.05) is 9.62 Å². The van der Waals surface area contributed by atoms with Gasteiger partial charge in [-0.1, -0.05) is 18.2 Å². The van der Waals surface area contributed by atoms with Crippen molar-refractivity contribution in [2.45, 2.75) is 11.2 Å². The van der Waals surface area contributed by atoms with Crippen molar-refractivity contribution >= 4 is 27.4 Å². The van der Waals surface area contributed by atoms with E-state index in [9.17, 15) is 26.4 Å². The fourth-order valence-electron chi connectivity index (χ4n) is 2.07. The first-order chi connectivity index (χ1) is 12.1. The Morgan fingerprint density at radius 2 is 1.77 bits per heavy atom. The molecule has 0 aliphatic heterocycles. The summed E-state index contributed by atoms with van der Waals surface area (Å²) in [7, 11) is -4.27. The third kappa shape index (κ3) is 4.04. The Balaban J connectivity index is 2.60. The van der Waals surface area contributed by atoms with E-state index in [0.29, 0.717) is 0 Å². The maximum absolute atomic E-state index is 13.2. The number of primary amides is 1. The minimum absolute atomic E-state index is 0.119. The van der Waals surface area contributed by atoms with Gasteiger partial charge < -0.3 is 5.73 Å². The number of urea groups is 1. The van der Waals surface area contributed by atoms with Crippen LogP contribution in [0, 0.1) is 11.3 Å². The van der Waals surface area contributed by atoms with Crippen LogP contribution < -0.4 is 15.4 Å². The van der Waals surface area contributed by atoms with Gasteiger partial charge >= 0.3 is 12.3 Å². The first-order valence-corrected chi connectivity index (χ1v) is 8.33. The second-order valence-corrected chi connectivity index (χ2v) is 6.59. The molecule has 0 radical (unpaired) electrons. The van der Waals surface area contributed by atoms with Crippen molar-refractivity contribution in [2.24, 2.45) is 5.73 Å². The zero-order valence-electron chi connectivity index (χ0n) is 12.9. The van der Waals surface area contributed by atoms with E-state index in [1.165, 1.54) is 24.3 Å². The number of nitriles is 1. The Morgan fingerprint density at radius 1 is 1.15 bits per heavy atom. The third-order valence-corrected chi connectivity index (χ3v) is 4.52. The summed E-state index contributed by atoms with van der Waals surface area (Å²) in [4.78, 5) is 10.3. The number of alkyl halides is 3. The lowest BCUT2D eigenvalue weighted by atomic mass is 10.2. The van der Waals surface area contributed by atoms with Gasteiger partial charge in [0.05, 0.1) is 27.9 Å². The number of carbonyl (C=O) groups excluding carboxylic acids is 1. The third-order valence-electron chi connectivity index (χ3n) is 3.14. The number of rotatable bonds is 4. The van der Waals surface area contributed by atoms with Gasteiger partial charge in [0.25, 0.3) is 10.0 Å². The van der Waals surface area contributed by atoms with Gasteiger partial charge in [-0.3, -0.25) is 4.72 Å². The second kappa shape index (κ2) is 6.93. The molecule has 0 spiro atoms. The Hall–Kier alpha value is -3.26. The number of nitrogens with one attached hydrogen (secondary N) is 1. The first kappa shape index (κ1) is 19.1. The van der Waals surface area contributed by atoms with Crippen LogP contribution in [0.5, 0.6) is 0 Å². The fourth-order valence-corrected chi connectivity index (χ4v) is 3.15. The maximum atomic E-state index is 13.2. The lowest BCUT2D eigenvalue weighted by Crippen LogP contribution is -2.46. The van der Waals surface area contributed by atoms with Crippen molar-refractivity contribution in [3.8, 4) is 6.07 Å². The van der Waals surface area contributed by atoms with Crippen LogP contribution >= 0.6 is 0 Å². The smallest absolute Gasteiger partial charge is 0.351 e. The van der Waals surface area contributed by atoms with Crippen LogP contribution in [0.1, 0.15) is 5.56 Å². The van der Waals surface area contributed by atoms with E-state index in [0.717, 1.165) is 18.2 Å². The van der Waals surface area contributed by atoms with Crippen molar-refractivity contribution < 1.29 is 26.4 Å². The minimum Gasteiger partial charge on any atom is -0.351 e. The van der Waals surface area contributed by atoms with E-state index in [4.69, 9.17) is 11.0 Å². The highest BCUT2D eigenvalue weighted by atomic mass is 32.2. The van der Waals surface area contributed by atoms with Gasteiger partial charge in [0.15, 0.2) is 0 Å². The highest BCUT2D eigenvalue weighted by Crippen LogP contribution is 2.35. The number of halogens is 3. The molecule has 11 heteroatoms. The molecule has 0 saturated heterocycles. The summed E-state index contributed by atoms with van der Waals surface area (Å²) in [6.07, 6.45) is -5.20. The van der Waals surface area contributed by atoms with E-state index in [1.807, 2.05) is 4.72 Å². The van der Waals surface area contributed by atoms with Crippen LogP contribution in [-0.4, -0.2) is 20.7 Å². The molecule has 0 unspecified atom stereocenters. The average molecular weight is 384 g/mol. The molecule has 0 aromatic heterocycles. The second-order valence-electron chi connectivity index (χ2n) is 4.90. The number of amides is 2. The van der Waals surface area contributed by atoms with Gasteiger partial charge in [0.2, 0.25) is 0 Å². The molecule has 3 N–H and O–H groups in total. The monoisotopic (exact) mass is 384 g/mol. The topological polar surface area (TPSA) is 116 Å². The fraction of sp³-hybridized carbons (Fsp3) is 0.0667. The van der Waals surface area contributed by atoms with Crippen LogP contribution in [0.25, 0.3) is 0 Å². The van der Waals surface area contributed by atoms with Crippen LogP contribution in [-0.2, 0) is 10.0 Å². The van der Waals surface area contributed by atoms with Gasteiger partial charge in [-0.15, -0.1) is 13.2 Å². The molecule has 2 aromatic rings. The summed E-state index contributed by atoms with van der Waals surface area (Å²) in [5, 5.41) is 8.92. The van der Waals surface area contributed by atoms with E-state index >= 15 is 0 Å². The lowest BCUT2D eigenvalue weighted by molar-refractivity contribution is -0.120. The zero-order chi connectivity index (χ0) is 19.5. The highest BCUT2D eigenvalue weighted by molar-refractivity contribution is 7.92. The molecular formula is C15H11F3N4O3S. The molecule has 0 fully saturated rings. The van der Waals surface area contributed by atoms with E-state index < -0.39 is 38.6 Å². The molecule has 0 atom stereocenters. The standard InChI is InChI=1S/C15H11F3N4O3S/c16-15(17,18)22(14(20)23)13-7-6-10(9-19)8-12(13)21-26(24,25)11-4-2-1-3-5-11/h1-8,21H,(H2,20,23). The highest BCUT2D eigenvalue weighted by Gasteiger charge is 2.42. The van der Waals surface area contributed by atoms with Gasteiger partial charge in [-0.2, -0.15) is 5.26 Å². The molecule has 2 rings (SSSR count). The first-order valence-electron chi connectivity index (χ1n) is 6.84. The van der Waals surface area contributed by atoms with Crippen molar-refractivity contribution in [3.05, 3.63) is 54.1 Å². The summed E-state index contributed by atoms with van der Waals surface area (Å²) in [6.45, 7) is 0. The van der Waals surface area contributed by atoms with Crippen LogP contribution in [0.2, 0.25) is 0 Å². The Bertz CT molecular complexity index is 970. The van der Waals surface area contributed by atoms with Gasteiger partial charge in [0, 0.05) is 0 Å². The van der Waals surface area contributed by atoms with Crippen LogP contribution in [0.4, 0.5) is 29.3 Å². The lowest BCUT2D eigenvalue weighted by Gasteiger charge is -2.25. The van der Waals surface area contributed by atoms with Gasteiger partial charge in [-0.25, -0.2) is 18.1 Å². The van der Waals surface area contributed by atoms with E-state index in [1.54, 1.807) is 12.1 Å². The Morgan fingerprint density at radius 3 is 2.27 bits per heavy atom. The van der Waals surface area contributed by atoms with Crippen molar-refractivity contribution in [1.29, 1.82) is 5.26 Å². The molecule has 0 aliphatic carbocycles. The largest absolute Gasteiger partial charge is 0.493 e. The van der Waals surface area contributed by atoms with Crippen molar-refractivity contribution in [1.82, 2.24) is 0 Å². The zero-order valence-corrected chi connectivity index (χ0v) is 13.7. The molecule has 2 aromatic carbocycles. The van der Waals surface area contributed by atoms with Crippen LogP contribution in [0.3, 0.4) is 0 Å². The molecule has 0 saturated carbocycles. The number of nitrogens with two attached hydrogens (primary N) is 1. The number of nitrogens with zero attached hydrogens (tertiary/aromatic N) is 2. The van der Waals surface area contributed by atoms with E-state index in [-0.39, 0.29) is 10.5 Å². The number of carbonyl (C=O) groups is 1. The molecule has 0 bridgehead atoms. The van der Waals surface area contributed by atoms with Crippen molar-refractivity contribution in [3.63, 3.8) is 0 Å². The summed E-state index contributed by atoms with van der Waals surface area (Å²) >= 11 is 0. The summed E-state index contributed by atoms with van der Waals surface area (Å²) in [6, 6.07) is 9.32. The predicted octanol–water partition coefficient (Wildman–Crippen LogP) is 2.76. The van der Waals surface area contributed by atoms with Gasteiger partial charge in [-0.05, 0) is 30.3 Å². The maximum Gasteiger partial charge on any atom is 0.493 e. The van der Waals surface area contributed by atoms with Gasteiger partial charge in [0.1, 0.15) is 0 Å². The van der Waals surface area contributed by atoms with Crippen LogP contribution in [0.15, 0.2) is 53.4 Å². The summed E-state index contributed by atoms with van der Waals surface area (Å²) in [5.74, 6) is 0. The number of anilines is 2. The molecule has 136 valence electrons. The molecule has 7 nitrogen and oxygen atoms in total. The number of hydrogen-bond donors (Lipinski definition) is 2. The molecule has 2 amide bonds. The SMILES string of the molecule is N#Cc1ccc(N(C(N)=O)C(F)(F)F)c(NS(=O)(=O)c2ccccc2)c1. The average Bonchev–Trinajstić information content (AvgIpc) is 2.55. The molecule has 0 aliphatic rings. The minimum atomic E-state index is -5.20. The quantitative estimate of drug-likeness (QED) is 0.789. The van der Waals surface area contributed by atoms with E-state index in [2.05, 4.69) is 0 Å². The Labute approximate surface area is 146 Å².